The van der Waals surface area contributed by atoms with Gasteiger partial charge in [0.15, 0.2) is 0 Å². The van der Waals surface area contributed by atoms with Gasteiger partial charge in [-0.15, -0.1) is 0 Å². The van der Waals surface area contributed by atoms with E-state index in [9.17, 15) is 0 Å². The van der Waals surface area contributed by atoms with Crippen molar-refractivity contribution in [2.45, 2.75) is 19.4 Å². The molecule has 112 valence electrons. The smallest absolute Gasteiger partial charge is 0.118 e. The molecule has 0 amide bonds. The average molecular weight is 279 g/mol. The molecule has 1 N–H and O–H groups in total. The van der Waals surface area contributed by atoms with Crippen LogP contribution in [0.15, 0.2) is 24.3 Å². The lowest BCUT2D eigenvalue weighted by Crippen LogP contribution is -2.26. The van der Waals surface area contributed by atoms with Crippen LogP contribution in [0.2, 0.25) is 0 Å². The van der Waals surface area contributed by atoms with Crippen LogP contribution in [-0.2, 0) is 9.47 Å². The molecule has 4 nitrogen and oxygen atoms in total. The van der Waals surface area contributed by atoms with Gasteiger partial charge in [-0.25, -0.2) is 0 Å². The molecule has 2 unspecified atom stereocenters. The highest BCUT2D eigenvalue weighted by atomic mass is 16.5. The van der Waals surface area contributed by atoms with Crippen LogP contribution in [0.5, 0.6) is 5.75 Å². The minimum absolute atomic E-state index is 0.230. The van der Waals surface area contributed by atoms with Gasteiger partial charge in [-0.2, -0.15) is 0 Å². The minimum atomic E-state index is 0.230. The summed E-state index contributed by atoms with van der Waals surface area (Å²) in [5.41, 5.74) is 1.23. The molecule has 0 radical (unpaired) electrons. The SMILES string of the molecule is CCNC(COCC1CCOC1)c1ccc(OC)cc1. The summed E-state index contributed by atoms with van der Waals surface area (Å²) < 4.78 is 16.4. The third-order valence-electron chi connectivity index (χ3n) is 3.63. The van der Waals surface area contributed by atoms with Gasteiger partial charge in [0.1, 0.15) is 5.75 Å². The second-order valence-electron chi connectivity index (χ2n) is 5.15. The lowest BCUT2D eigenvalue weighted by molar-refractivity contribution is 0.0747. The van der Waals surface area contributed by atoms with Crippen molar-refractivity contribution >= 4 is 0 Å². The van der Waals surface area contributed by atoms with Crippen LogP contribution in [0, 0.1) is 5.92 Å². The number of methoxy groups -OCH3 is 1. The molecule has 4 heteroatoms. The van der Waals surface area contributed by atoms with Crippen molar-refractivity contribution in [3.05, 3.63) is 29.8 Å². The second kappa shape index (κ2) is 8.25. The fraction of sp³-hybridized carbons (Fsp3) is 0.625. The van der Waals surface area contributed by atoms with Gasteiger partial charge in [-0.3, -0.25) is 0 Å². The number of benzene rings is 1. The first-order valence-electron chi connectivity index (χ1n) is 7.36. The summed E-state index contributed by atoms with van der Waals surface area (Å²) >= 11 is 0. The molecule has 1 aromatic rings. The third-order valence-corrected chi connectivity index (χ3v) is 3.63. The zero-order chi connectivity index (χ0) is 14.2. The number of ether oxygens (including phenoxy) is 3. The standard InChI is InChI=1S/C16H25NO3/c1-3-17-16(12-20-11-13-8-9-19-10-13)14-4-6-15(18-2)7-5-14/h4-7,13,16-17H,3,8-12H2,1-2H3. The van der Waals surface area contributed by atoms with E-state index in [1.54, 1.807) is 7.11 Å². The predicted molar refractivity (Wildman–Crippen MR) is 79.2 cm³/mol. The van der Waals surface area contributed by atoms with Gasteiger partial charge in [0.25, 0.3) is 0 Å². The summed E-state index contributed by atoms with van der Waals surface area (Å²) in [5.74, 6) is 1.45. The zero-order valence-electron chi connectivity index (χ0n) is 12.4. The molecule has 20 heavy (non-hydrogen) atoms. The molecule has 1 aromatic carbocycles. The van der Waals surface area contributed by atoms with Gasteiger partial charge in [0, 0.05) is 12.5 Å². The topological polar surface area (TPSA) is 39.7 Å². The highest BCUT2D eigenvalue weighted by Crippen LogP contribution is 2.19. The maximum Gasteiger partial charge on any atom is 0.118 e. The zero-order valence-corrected chi connectivity index (χ0v) is 12.4. The van der Waals surface area contributed by atoms with E-state index in [-0.39, 0.29) is 6.04 Å². The van der Waals surface area contributed by atoms with Gasteiger partial charge in [0.2, 0.25) is 0 Å². The van der Waals surface area contributed by atoms with Gasteiger partial charge in [0.05, 0.1) is 33.0 Å². The Hall–Kier alpha value is -1.10. The molecule has 1 aliphatic heterocycles. The molecule has 2 rings (SSSR count). The van der Waals surface area contributed by atoms with Gasteiger partial charge in [-0.05, 0) is 30.7 Å². The van der Waals surface area contributed by atoms with Crippen molar-refractivity contribution < 1.29 is 14.2 Å². The van der Waals surface area contributed by atoms with E-state index >= 15 is 0 Å². The van der Waals surface area contributed by atoms with Crippen LogP contribution in [0.25, 0.3) is 0 Å². The van der Waals surface area contributed by atoms with E-state index < -0.39 is 0 Å². The summed E-state index contributed by atoms with van der Waals surface area (Å²) in [5, 5.41) is 3.46. The van der Waals surface area contributed by atoms with Gasteiger partial charge >= 0.3 is 0 Å². The maximum atomic E-state index is 5.87. The molecule has 0 aliphatic carbocycles. The summed E-state index contributed by atoms with van der Waals surface area (Å²) in [4.78, 5) is 0. The normalized spacial score (nSPS) is 20.0. The Labute approximate surface area is 121 Å². The molecule has 1 aliphatic rings. The minimum Gasteiger partial charge on any atom is -0.497 e. The molecule has 1 saturated heterocycles. The number of likely N-dealkylation sites (N-methyl/N-ethyl adjacent to an activating group) is 1. The van der Waals surface area contributed by atoms with Crippen molar-refractivity contribution in [2.75, 3.05) is 40.1 Å². The summed E-state index contributed by atoms with van der Waals surface area (Å²) in [7, 11) is 1.68. The fourth-order valence-corrected chi connectivity index (χ4v) is 2.42. The number of nitrogens with one attached hydrogen (secondary N) is 1. The van der Waals surface area contributed by atoms with Crippen LogP contribution < -0.4 is 10.1 Å². The van der Waals surface area contributed by atoms with E-state index in [0.29, 0.717) is 12.5 Å². The molecular formula is C16H25NO3. The quantitative estimate of drug-likeness (QED) is 0.793. The van der Waals surface area contributed by atoms with Crippen LogP contribution in [0.3, 0.4) is 0 Å². The van der Waals surface area contributed by atoms with Crippen molar-refractivity contribution in [3.8, 4) is 5.75 Å². The average Bonchev–Trinajstić information content (AvgIpc) is 3.00. The molecule has 0 spiro atoms. The number of hydrogen-bond donors (Lipinski definition) is 1. The monoisotopic (exact) mass is 279 g/mol. The van der Waals surface area contributed by atoms with Gasteiger partial charge < -0.3 is 19.5 Å². The first kappa shape index (κ1) is 15.3. The molecule has 0 aromatic heterocycles. The second-order valence-corrected chi connectivity index (χ2v) is 5.15. The van der Waals surface area contributed by atoms with Crippen LogP contribution in [0.4, 0.5) is 0 Å². The Balaban J connectivity index is 1.84. The molecular weight excluding hydrogens is 254 g/mol. The van der Waals surface area contributed by atoms with E-state index in [4.69, 9.17) is 14.2 Å². The highest BCUT2D eigenvalue weighted by Gasteiger charge is 2.17. The van der Waals surface area contributed by atoms with Crippen LogP contribution >= 0.6 is 0 Å². The van der Waals surface area contributed by atoms with Gasteiger partial charge in [-0.1, -0.05) is 19.1 Å². The predicted octanol–water partition coefficient (Wildman–Crippen LogP) is 2.40. The molecule has 0 bridgehead atoms. The third kappa shape index (κ3) is 4.47. The lowest BCUT2D eigenvalue weighted by Gasteiger charge is -2.19. The van der Waals surface area contributed by atoms with Crippen LogP contribution in [-0.4, -0.2) is 40.1 Å². The van der Waals surface area contributed by atoms with Crippen molar-refractivity contribution in [3.63, 3.8) is 0 Å². The summed E-state index contributed by atoms with van der Waals surface area (Å²) in [6.07, 6.45) is 1.12. The molecule has 1 fully saturated rings. The lowest BCUT2D eigenvalue weighted by atomic mass is 10.1. The summed E-state index contributed by atoms with van der Waals surface area (Å²) in [6, 6.07) is 8.39. The van der Waals surface area contributed by atoms with E-state index in [1.807, 2.05) is 12.1 Å². The molecule has 2 atom stereocenters. The Morgan fingerprint density at radius 3 is 2.75 bits per heavy atom. The Morgan fingerprint density at radius 1 is 1.35 bits per heavy atom. The molecule has 0 saturated carbocycles. The maximum absolute atomic E-state index is 5.87. The number of hydrogen-bond acceptors (Lipinski definition) is 4. The Bertz CT molecular complexity index is 374. The fourth-order valence-electron chi connectivity index (χ4n) is 2.42. The van der Waals surface area contributed by atoms with E-state index in [2.05, 4.69) is 24.4 Å². The first-order valence-corrected chi connectivity index (χ1v) is 7.36. The highest BCUT2D eigenvalue weighted by molar-refractivity contribution is 5.29. The van der Waals surface area contributed by atoms with Crippen LogP contribution in [0.1, 0.15) is 24.9 Å². The van der Waals surface area contributed by atoms with Crippen molar-refractivity contribution in [1.82, 2.24) is 5.32 Å². The first-order chi connectivity index (χ1) is 9.83. The van der Waals surface area contributed by atoms with E-state index in [1.165, 1.54) is 5.56 Å². The number of rotatable bonds is 8. The largest absolute Gasteiger partial charge is 0.497 e. The van der Waals surface area contributed by atoms with Crippen molar-refractivity contribution in [2.24, 2.45) is 5.92 Å². The summed E-state index contributed by atoms with van der Waals surface area (Å²) in [6.45, 7) is 6.24. The molecule has 1 heterocycles. The Morgan fingerprint density at radius 2 is 2.15 bits per heavy atom. The van der Waals surface area contributed by atoms with E-state index in [0.717, 1.165) is 38.5 Å². The Kier molecular flexibility index (Phi) is 6.30. The van der Waals surface area contributed by atoms with Crippen molar-refractivity contribution in [1.29, 1.82) is 0 Å².